The van der Waals surface area contributed by atoms with E-state index >= 15 is 0 Å². The van der Waals surface area contributed by atoms with Gasteiger partial charge in [0.2, 0.25) is 0 Å². The molecule has 2 heterocycles. The Balaban J connectivity index is 2.29. The number of imidazole rings is 1. The third kappa shape index (κ3) is 1.56. The first kappa shape index (κ1) is 9.02. The van der Waals surface area contributed by atoms with E-state index in [1.807, 2.05) is 19.1 Å². The summed E-state index contributed by atoms with van der Waals surface area (Å²) in [5, 5.41) is 8.85. The number of hydrogen-bond acceptors (Lipinski definition) is 3. The summed E-state index contributed by atoms with van der Waals surface area (Å²) < 4.78 is 5.50. The molecule has 0 saturated heterocycles. The van der Waals surface area contributed by atoms with Gasteiger partial charge >= 0.3 is 0 Å². The van der Waals surface area contributed by atoms with E-state index in [0.717, 1.165) is 12.2 Å². The van der Waals surface area contributed by atoms with E-state index in [-0.39, 0.29) is 6.61 Å². The lowest BCUT2D eigenvalue weighted by molar-refractivity contribution is 0.277. The Morgan fingerprint density at radius 3 is 2.93 bits per heavy atom. The highest BCUT2D eigenvalue weighted by Gasteiger charge is 2.07. The minimum atomic E-state index is -0.0334. The lowest BCUT2D eigenvalue weighted by Gasteiger charge is -1.90. The van der Waals surface area contributed by atoms with E-state index in [9.17, 15) is 0 Å². The highest BCUT2D eigenvalue weighted by molar-refractivity contribution is 5.47. The molecule has 74 valence electrons. The smallest absolute Gasteiger partial charge is 0.173 e. The Hall–Kier alpha value is -1.55. The summed E-state index contributed by atoms with van der Waals surface area (Å²) in [6.45, 7) is 2.00. The molecule has 0 aliphatic carbocycles. The molecule has 2 N–H and O–H groups in total. The van der Waals surface area contributed by atoms with Crippen molar-refractivity contribution < 1.29 is 9.52 Å². The number of aryl methyl sites for hydroxylation is 1. The lowest BCUT2D eigenvalue weighted by Crippen LogP contribution is -1.81. The molecule has 0 aliphatic rings. The molecule has 0 spiro atoms. The Bertz CT molecular complexity index is 377. The topological polar surface area (TPSA) is 62.1 Å². The van der Waals surface area contributed by atoms with Gasteiger partial charge < -0.3 is 14.5 Å². The van der Waals surface area contributed by atoms with Gasteiger partial charge in [0.15, 0.2) is 11.6 Å². The van der Waals surface area contributed by atoms with Crippen molar-refractivity contribution in [1.29, 1.82) is 0 Å². The van der Waals surface area contributed by atoms with Gasteiger partial charge in [-0.2, -0.15) is 0 Å². The number of H-pyrrole nitrogens is 1. The SMILES string of the molecule is CCc1ccc(-c2ncc(CO)[nH]2)o1. The summed E-state index contributed by atoms with van der Waals surface area (Å²) in [4.78, 5) is 7.06. The molecule has 4 heteroatoms. The van der Waals surface area contributed by atoms with Crippen LogP contribution in [0.15, 0.2) is 22.7 Å². The second-order valence-electron chi connectivity index (χ2n) is 3.03. The number of nitrogens with zero attached hydrogens (tertiary/aromatic N) is 1. The number of nitrogens with one attached hydrogen (secondary N) is 1. The molecule has 2 aromatic rings. The number of aromatic nitrogens is 2. The molecule has 0 unspecified atom stereocenters. The average molecular weight is 192 g/mol. The Labute approximate surface area is 81.6 Å². The van der Waals surface area contributed by atoms with Crippen LogP contribution in [0.2, 0.25) is 0 Å². The first-order valence-electron chi connectivity index (χ1n) is 4.57. The van der Waals surface area contributed by atoms with Crippen LogP contribution in [-0.2, 0) is 13.0 Å². The molecule has 4 nitrogen and oxygen atoms in total. The molecule has 0 aliphatic heterocycles. The van der Waals surface area contributed by atoms with E-state index in [4.69, 9.17) is 9.52 Å². The Morgan fingerprint density at radius 1 is 1.50 bits per heavy atom. The fourth-order valence-electron chi connectivity index (χ4n) is 1.26. The summed E-state index contributed by atoms with van der Waals surface area (Å²) in [5.74, 6) is 2.30. The quantitative estimate of drug-likeness (QED) is 0.778. The third-order valence-corrected chi connectivity index (χ3v) is 2.04. The fourth-order valence-corrected chi connectivity index (χ4v) is 1.26. The number of aromatic amines is 1. The molecule has 2 aromatic heterocycles. The zero-order chi connectivity index (χ0) is 9.97. The Morgan fingerprint density at radius 2 is 2.36 bits per heavy atom. The van der Waals surface area contributed by atoms with Crippen LogP contribution in [0.5, 0.6) is 0 Å². The zero-order valence-electron chi connectivity index (χ0n) is 7.95. The minimum Gasteiger partial charge on any atom is -0.458 e. The van der Waals surface area contributed by atoms with Crippen LogP contribution in [0, 0.1) is 0 Å². The van der Waals surface area contributed by atoms with Crippen molar-refractivity contribution in [3.8, 4) is 11.6 Å². The van der Waals surface area contributed by atoms with Crippen molar-refractivity contribution in [2.75, 3.05) is 0 Å². The van der Waals surface area contributed by atoms with Crippen molar-refractivity contribution in [2.45, 2.75) is 20.0 Å². The fraction of sp³-hybridized carbons (Fsp3) is 0.300. The van der Waals surface area contributed by atoms with E-state index in [1.165, 1.54) is 0 Å². The highest BCUT2D eigenvalue weighted by atomic mass is 16.3. The van der Waals surface area contributed by atoms with Gasteiger partial charge in [0.25, 0.3) is 0 Å². The molecule has 2 rings (SSSR count). The van der Waals surface area contributed by atoms with Gasteiger partial charge in [-0.1, -0.05) is 6.92 Å². The first-order chi connectivity index (χ1) is 6.83. The maximum Gasteiger partial charge on any atom is 0.173 e. The van der Waals surface area contributed by atoms with Gasteiger partial charge in [-0.3, -0.25) is 0 Å². The summed E-state index contributed by atoms with van der Waals surface area (Å²) in [6.07, 6.45) is 2.47. The van der Waals surface area contributed by atoms with Crippen molar-refractivity contribution in [3.05, 3.63) is 29.8 Å². The standard InChI is InChI=1S/C10H12N2O2/c1-2-8-3-4-9(14-8)10-11-5-7(6-13)12-10/h3-5,13H,2,6H2,1H3,(H,11,12). The van der Waals surface area contributed by atoms with Gasteiger partial charge in [0, 0.05) is 6.42 Å². The van der Waals surface area contributed by atoms with Crippen LogP contribution in [0.1, 0.15) is 18.4 Å². The van der Waals surface area contributed by atoms with Crippen LogP contribution >= 0.6 is 0 Å². The monoisotopic (exact) mass is 192 g/mol. The average Bonchev–Trinajstić information content (AvgIpc) is 2.86. The summed E-state index contributed by atoms with van der Waals surface area (Å²) in [6, 6.07) is 3.80. The lowest BCUT2D eigenvalue weighted by atomic mass is 10.3. The van der Waals surface area contributed by atoms with Crippen molar-refractivity contribution in [1.82, 2.24) is 9.97 Å². The predicted molar refractivity (Wildman–Crippen MR) is 51.6 cm³/mol. The molecule has 0 atom stereocenters. The number of aliphatic hydroxyl groups excluding tert-OH is 1. The third-order valence-electron chi connectivity index (χ3n) is 2.04. The van der Waals surface area contributed by atoms with Crippen LogP contribution in [-0.4, -0.2) is 15.1 Å². The van der Waals surface area contributed by atoms with Crippen LogP contribution in [0.25, 0.3) is 11.6 Å². The molecule has 0 fully saturated rings. The molecule has 14 heavy (non-hydrogen) atoms. The van der Waals surface area contributed by atoms with Gasteiger partial charge in [0.1, 0.15) is 5.76 Å². The van der Waals surface area contributed by atoms with E-state index in [0.29, 0.717) is 17.3 Å². The van der Waals surface area contributed by atoms with Crippen LogP contribution < -0.4 is 0 Å². The number of aliphatic hydroxyl groups is 1. The molecular weight excluding hydrogens is 180 g/mol. The predicted octanol–water partition coefficient (Wildman–Crippen LogP) is 1.72. The van der Waals surface area contributed by atoms with E-state index in [2.05, 4.69) is 9.97 Å². The molecule has 0 aromatic carbocycles. The van der Waals surface area contributed by atoms with E-state index in [1.54, 1.807) is 6.20 Å². The van der Waals surface area contributed by atoms with Crippen LogP contribution in [0.4, 0.5) is 0 Å². The number of hydrogen-bond donors (Lipinski definition) is 2. The second-order valence-corrected chi connectivity index (χ2v) is 3.03. The van der Waals surface area contributed by atoms with Gasteiger partial charge in [0.05, 0.1) is 18.5 Å². The normalized spacial score (nSPS) is 10.7. The van der Waals surface area contributed by atoms with Gasteiger partial charge in [-0.15, -0.1) is 0 Å². The molecule has 0 bridgehead atoms. The van der Waals surface area contributed by atoms with Gasteiger partial charge in [-0.05, 0) is 12.1 Å². The highest BCUT2D eigenvalue weighted by Crippen LogP contribution is 2.19. The zero-order valence-corrected chi connectivity index (χ0v) is 7.95. The maximum absolute atomic E-state index is 8.85. The maximum atomic E-state index is 8.85. The van der Waals surface area contributed by atoms with Gasteiger partial charge in [-0.25, -0.2) is 4.98 Å². The largest absolute Gasteiger partial charge is 0.458 e. The first-order valence-corrected chi connectivity index (χ1v) is 4.57. The Kier molecular flexibility index (Phi) is 2.37. The van der Waals surface area contributed by atoms with Crippen molar-refractivity contribution >= 4 is 0 Å². The van der Waals surface area contributed by atoms with E-state index < -0.39 is 0 Å². The van der Waals surface area contributed by atoms with Crippen molar-refractivity contribution in [2.24, 2.45) is 0 Å². The summed E-state index contributed by atoms with van der Waals surface area (Å²) in [5.41, 5.74) is 0.689. The second kappa shape index (κ2) is 3.67. The van der Waals surface area contributed by atoms with Crippen LogP contribution in [0.3, 0.4) is 0 Å². The summed E-state index contributed by atoms with van der Waals surface area (Å²) >= 11 is 0. The molecule has 0 saturated carbocycles. The number of furan rings is 1. The molecule has 0 amide bonds. The summed E-state index contributed by atoms with van der Waals surface area (Å²) in [7, 11) is 0. The van der Waals surface area contributed by atoms with Crippen molar-refractivity contribution in [3.63, 3.8) is 0 Å². The molecular formula is C10H12N2O2. The minimum absolute atomic E-state index is 0.0334. The molecule has 0 radical (unpaired) electrons. The number of rotatable bonds is 3.